The summed E-state index contributed by atoms with van der Waals surface area (Å²) in [6.07, 6.45) is 0.142. The number of hydrogen-bond acceptors (Lipinski definition) is 3. The first-order chi connectivity index (χ1) is 10.1. The lowest BCUT2D eigenvalue weighted by atomic mass is 10.0. The Bertz CT molecular complexity index is 669. The fourth-order valence-electron chi connectivity index (χ4n) is 1.99. The zero-order valence-electron chi connectivity index (χ0n) is 11.7. The highest BCUT2D eigenvalue weighted by molar-refractivity contribution is 6.42. The molecule has 0 aliphatic rings. The first-order valence-electron chi connectivity index (χ1n) is 6.25. The molecule has 2 rings (SSSR count). The molecule has 0 saturated carbocycles. The lowest BCUT2D eigenvalue weighted by Gasteiger charge is -2.10. The smallest absolute Gasteiger partial charge is 0.171 e. The molecule has 21 heavy (non-hydrogen) atoms. The molecule has 0 aliphatic carbocycles. The molecule has 2 aromatic rings. The third kappa shape index (κ3) is 3.49. The van der Waals surface area contributed by atoms with Crippen molar-refractivity contribution in [2.45, 2.75) is 6.42 Å². The van der Waals surface area contributed by atoms with Crippen molar-refractivity contribution in [2.75, 3.05) is 14.2 Å². The first kappa shape index (κ1) is 15.7. The molecule has 2 aromatic carbocycles. The molecule has 5 heteroatoms. The van der Waals surface area contributed by atoms with Crippen LogP contribution >= 0.6 is 23.2 Å². The van der Waals surface area contributed by atoms with Crippen LogP contribution in [0.5, 0.6) is 11.5 Å². The fourth-order valence-corrected chi connectivity index (χ4v) is 2.37. The molecule has 0 aliphatic heterocycles. The van der Waals surface area contributed by atoms with Crippen molar-refractivity contribution in [1.82, 2.24) is 0 Å². The van der Waals surface area contributed by atoms with Gasteiger partial charge in [-0.1, -0.05) is 35.3 Å². The number of methoxy groups -OCH3 is 2. The summed E-state index contributed by atoms with van der Waals surface area (Å²) in [4.78, 5) is 12.5. The van der Waals surface area contributed by atoms with Crippen molar-refractivity contribution < 1.29 is 14.3 Å². The van der Waals surface area contributed by atoms with Gasteiger partial charge in [0.1, 0.15) is 11.5 Å². The van der Waals surface area contributed by atoms with Crippen LogP contribution in [0.3, 0.4) is 0 Å². The van der Waals surface area contributed by atoms with Crippen LogP contribution < -0.4 is 9.47 Å². The van der Waals surface area contributed by atoms with E-state index in [1.54, 1.807) is 43.5 Å². The molecule has 0 fully saturated rings. The molecule has 0 aromatic heterocycles. The van der Waals surface area contributed by atoms with Crippen LogP contribution in [0.1, 0.15) is 15.9 Å². The van der Waals surface area contributed by atoms with E-state index in [0.29, 0.717) is 32.7 Å². The molecule has 0 saturated heterocycles. The molecular formula is C16H14Cl2O3. The van der Waals surface area contributed by atoms with Gasteiger partial charge in [-0.3, -0.25) is 4.79 Å². The van der Waals surface area contributed by atoms with Gasteiger partial charge in [0, 0.05) is 6.42 Å². The van der Waals surface area contributed by atoms with Crippen LogP contribution in [-0.4, -0.2) is 20.0 Å². The number of Topliss-reactive ketones (excluding diaryl/α,β-unsaturated/α-hetero) is 1. The number of halogens is 2. The zero-order valence-corrected chi connectivity index (χ0v) is 13.2. The third-order valence-electron chi connectivity index (χ3n) is 3.09. The van der Waals surface area contributed by atoms with Gasteiger partial charge in [0.25, 0.3) is 0 Å². The van der Waals surface area contributed by atoms with E-state index in [1.165, 1.54) is 7.11 Å². The second-order valence-electron chi connectivity index (χ2n) is 4.38. The maximum Gasteiger partial charge on any atom is 0.171 e. The van der Waals surface area contributed by atoms with Crippen molar-refractivity contribution in [2.24, 2.45) is 0 Å². The molecule has 0 bridgehead atoms. The van der Waals surface area contributed by atoms with Crippen molar-refractivity contribution in [3.8, 4) is 11.5 Å². The van der Waals surface area contributed by atoms with E-state index in [2.05, 4.69) is 0 Å². The average Bonchev–Trinajstić information content (AvgIpc) is 2.51. The van der Waals surface area contributed by atoms with Crippen LogP contribution in [0, 0.1) is 0 Å². The number of ether oxygens (including phenoxy) is 2. The number of ketones is 1. The molecule has 0 N–H and O–H groups in total. The molecule has 110 valence electrons. The van der Waals surface area contributed by atoms with Crippen LogP contribution in [0.4, 0.5) is 0 Å². The Morgan fingerprint density at radius 2 is 1.86 bits per heavy atom. The topological polar surface area (TPSA) is 35.5 Å². The lowest BCUT2D eigenvalue weighted by molar-refractivity contribution is 0.0989. The second kappa shape index (κ2) is 6.83. The number of carbonyl (C=O) groups excluding carboxylic acids is 1. The van der Waals surface area contributed by atoms with E-state index in [4.69, 9.17) is 32.7 Å². The lowest BCUT2D eigenvalue weighted by Crippen LogP contribution is -2.06. The molecule has 3 nitrogen and oxygen atoms in total. The maximum absolute atomic E-state index is 12.5. The van der Waals surface area contributed by atoms with Gasteiger partial charge in [0.2, 0.25) is 0 Å². The van der Waals surface area contributed by atoms with Gasteiger partial charge in [-0.05, 0) is 29.8 Å². The van der Waals surface area contributed by atoms with E-state index >= 15 is 0 Å². The second-order valence-corrected chi connectivity index (χ2v) is 5.16. The highest BCUT2D eigenvalue weighted by Crippen LogP contribution is 2.29. The van der Waals surface area contributed by atoms with Gasteiger partial charge in [0.05, 0.1) is 29.8 Å². The van der Waals surface area contributed by atoms with Crippen molar-refractivity contribution >= 4 is 29.0 Å². The Morgan fingerprint density at radius 1 is 1.10 bits per heavy atom. The van der Waals surface area contributed by atoms with E-state index < -0.39 is 0 Å². The maximum atomic E-state index is 12.5. The summed E-state index contributed by atoms with van der Waals surface area (Å²) in [5, 5.41) is 0.828. The Balaban J connectivity index is 2.34. The standard InChI is InChI=1S/C16H14Cl2O3/c1-20-11-6-7-15(21-2)12(9-11)14(19)8-10-4-3-5-13(17)16(10)18/h3-7,9H,8H2,1-2H3. The largest absolute Gasteiger partial charge is 0.497 e. The Kier molecular flexibility index (Phi) is 5.10. The molecule has 0 spiro atoms. The average molecular weight is 325 g/mol. The van der Waals surface area contributed by atoms with Gasteiger partial charge in [-0.25, -0.2) is 0 Å². The summed E-state index contributed by atoms with van der Waals surface area (Å²) in [7, 11) is 3.06. The normalized spacial score (nSPS) is 10.3. The summed E-state index contributed by atoms with van der Waals surface area (Å²) in [5.41, 5.74) is 1.13. The summed E-state index contributed by atoms with van der Waals surface area (Å²) >= 11 is 12.1. The minimum atomic E-state index is -0.116. The quantitative estimate of drug-likeness (QED) is 0.763. The summed E-state index contributed by atoms with van der Waals surface area (Å²) in [6.45, 7) is 0. The van der Waals surface area contributed by atoms with Gasteiger partial charge in [-0.2, -0.15) is 0 Å². The monoisotopic (exact) mass is 324 g/mol. The Hall–Kier alpha value is -1.71. The third-order valence-corrected chi connectivity index (χ3v) is 3.95. The van der Waals surface area contributed by atoms with Gasteiger partial charge >= 0.3 is 0 Å². The Labute approximate surface area is 133 Å². The molecule has 0 atom stereocenters. The first-order valence-corrected chi connectivity index (χ1v) is 7.00. The van der Waals surface area contributed by atoms with Gasteiger partial charge in [-0.15, -0.1) is 0 Å². The van der Waals surface area contributed by atoms with E-state index in [-0.39, 0.29) is 12.2 Å². The minimum absolute atomic E-state index is 0.116. The predicted octanol–water partition coefficient (Wildman–Crippen LogP) is 4.44. The number of carbonyl (C=O) groups is 1. The van der Waals surface area contributed by atoms with Crippen molar-refractivity contribution in [3.63, 3.8) is 0 Å². The van der Waals surface area contributed by atoms with Gasteiger partial charge in [0.15, 0.2) is 5.78 Å². The zero-order chi connectivity index (χ0) is 15.4. The van der Waals surface area contributed by atoms with Crippen LogP contribution in [0.2, 0.25) is 10.0 Å². The summed E-state index contributed by atoms with van der Waals surface area (Å²) < 4.78 is 10.4. The molecular weight excluding hydrogens is 311 g/mol. The van der Waals surface area contributed by atoms with E-state index in [9.17, 15) is 4.79 Å². The van der Waals surface area contributed by atoms with Crippen molar-refractivity contribution in [3.05, 3.63) is 57.6 Å². The Morgan fingerprint density at radius 3 is 2.52 bits per heavy atom. The fraction of sp³-hybridized carbons (Fsp3) is 0.188. The molecule has 0 unspecified atom stereocenters. The van der Waals surface area contributed by atoms with E-state index in [1.807, 2.05) is 0 Å². The van der Waals surface area contributed by atoms with Crippen LogP contribution in [-0.2, 0) is 6.42 Å². The SMILES string of the molecule is COc1ccc(OC)c(C(=O)Cc2cccc(Cl)c2Cl)c1. The minimum Gasteiger partial charge on any atom is -0.497 e. The van der Waals surface area contributed by atoms with Crippen LogP contribution in [0.25, 0.3) is 0 Å². The number of benzene rings is 2. The highest BCUT2D eigenvalue weighted by atomic mass is 35.5. The summed E-state index contributed by atoms with van der Waals surface area (Å²) in [5.74, 6) is 0.977. The molecule has 0 radical (unpaired) electrons. The molecule has 0 heterocycles. The highest BCUT2D eigenvalue weighted by Gasteiger charge is 2.16. The van der Waals surface area contributed by atoms with Gasteiger partial charge < -0.3 is 9.47 Å². The van der Waals surface area contributed by atoms with E-state index in [0.717, 1.165) is 0 Å². The van der Waals surface area contributed by atoms with Crippen molar-refractivity contribution in [1.29, 1.82) is 0 Å². The predicted molar refractivity (Wildman–Crippen MR) is 84.0 cm³/mol. The number of rotatable bonds is 5. The molecule has 0 amide bonds. The summed E-state index contributed by atoms with van der Waals surface area (Å²) in [6, 6.07) is 10.3. The van der Waals surface area contributed by atoms with Crippen LogP contribution in [0.15, 0.2) is 36.4 Å². The number of hydrogen-bond donors (Lipinski definition) is 0.